The van der Waals surface area contributed by atoms with E-state index in [4.69, 9.17) is 4.74 Å². The lowest BCUT2D eigenvalue weighted by Gasteiger charge is -2.26. The Hall–Kier alpha value is -0.340. The first-order valence-corrected chi connectivity index (χ1v) is 6.48. The summed E-state index contributed by atoms with van der Waals surface area (Å²) >= 11 is 0. The predicted octanol–water partition coefficient (Wildman–Crippen LogP) is 2.85. The minimum absolute atomic E-state index is 0.0732. The molecule has 1 unspecified atom stereocenters. The number of rotatable bonds is 9. The number of nitrogens with one attached hydrogen (secondary N) is 1. The van der Waals surface area contributed by atoms with Crippen LogP contribution in [0.5, 0.6) is 0 Å². The van der Waals surface area contributed by atoms with Gasteiger partial charge in [-0.25, -0.2) is 0 Å². The van der Waals surface area contributed by atoms with Crippen molar-refractivity contribution in [1.29, 1.82) is 0 Å². The number of hydrogen-bond acceptors (Lipinski definition) is 2. The quantitative estimate of drug-likeness (QED) is 0.609. The molecule has 2 nitrogen and oxygen atoms in total. The van der Waals surface area contributed by atoms with Crippen LogP contribution in [0.15, 0.2) is 12.7 Å². The molecule has 94 valence electrons. The van der Waals surface area contributed by atoms with Crippen molar-refractivity contribution in [2.75, 3.05) is 26.3 Å². The van der Waals surface area contributed by atoms with Crippen molar-refractivity contribution in [2.24, 2.45) is 17.3 Å². The van der Waals surface area contributed by atoms with E-state index in [2.05, 4.69) is 32.7 Å². The monoisotopic (exact) mass is 225 g/mol. The molecule has 1 rings (SSSR count). The van der Waals surface area contributed by atoms with E-state index in [0.717, 1.165) is 32.2 Å². The minimum atomic E-state index is 0.0732. The van der Waals surface area contributed by atoms with Crippen molar-refractivity contribution < 1.29 is 4.74 Å². The average molecular weight is 225 g/mol. The van der Waals surface area contributed by atoms with Crippen LogP contribution < -0.4 is 5.32 Å². The Morgan fingerprint density at radius 3 is 2.69 bits per heavy atom. The highest BCUT2D eigenvalue weighted by Crippen LogP contribution is 2.29. The number of ether oxygens (including phenoxy) is 1. The van der Waals surface area contributed by atoms with E-state index >= 15 is 0 Å². The van der Waals surface area contributed by atoms with E-state index in [-0.39, 0.29) is 5.41 Å². The lowest BCUT2D eigenvalue weighted by atomic mass is 9.92. The Balaban J connectivity index is 2.15. The zero-order chi connectivity index (χ0) is 12.0. The van der Waals surface area contributed by atoms with Gasteiger partial charge in [0.15, 0.2) is 0 Å². The molecule has 0 aromatic heterocycles. The molecular formula is C14H27NO. The fourth-order valence-electron chi connectivity index (χ4n) is 1.57. The third-order valence-corrected chi connectivity index (χ3v) is 3.06. The molecule has 1 fully saturated rings. The van der Waals surface area contributed by atoms with E-state index in [1.54, 1.807) is 0 Å². The number of hydrogen-bond donors (Lipinski definition) is 1. The average Bonchev–Trinajstić information content (AvgIpc) is 3.01. The smallest absolute Gasteiger partial charge is 0.0566 e. The van der Waals surface area contributed by atoms with Gasteiger partial charge in [0.2, 0.25) is 0 Å². The summed E-state index contributed by atoms with van der Waals surface area (Å²) in [5, 5.41) is 3.48. The topological polar surface area (TPSA) is 21.3 Å². The van der Waals surface area contributed by atoms with Gasteiger partial charge in [0.05, 0.1) is 6.61 Å². The predicted molar refractivity (Wildman–Crippen MR) is 69.6 cm³/mol. The SMILES string of the molecule is C=CC(C)(CNCC(C)C)COCC1CC1. The Bertz CT molecular complexity index is 201. The van der Waals surface area contributed by atoms with Crippen LogP contribution in [0.2, 0.25) is 0 Å². The highest BCUT2D eigenvalue weighted by Gasteiger charge is 2.24. The van der Waals surface area contributed by atoms with Crippen LogP contribution >= 0.6 is 0 Å². The molecule has 1 aliphatic rings. The van der Waals surface area contributed by atoms with Gasteiger partial charge in [-0.2, -0.15) is 0 Å². The van der Waals surface area contributed by atoms with Crippen LogP contribution in [-0.2, 0) is 4.74 Å². The van der Waals surface area contributed by atoms with Crippen LogP contribution in [0.25, 0.3) is 0 Å². The third kappa shape index (κ3) is 5.66. The molecule has 0 aromatic carbocycles. The van der Waals surface area contributed by atoms with Crippen LogP contribution in [0.4, 0.5) is 0 Å². The highest BCUT2D eigenvalue weighted by molar-refractivity contribution is 4.93. The molecule has 0 spiro atoms. The van der Waals surface area contributed by atoms with Crippen LogP contribution in [0.3, 0.4) is 0 Å². The molecule has 0 amide bonds. The molecule has 16 heavy (non-hydrogen) atoms. The second kappa shape index (κ2) is 6.41. The van der Waals surface area contributed by atoms with Gasteiger partial charge in [-0.3, -0.25) is 0 Å². The summed E-state index contributed by atoms with van der Waals surface area (Å²) in [6, 6.07) is 0. The molecule has 1 saturated carbocycles. The molecule has 0 aliphatic heterocycles. The first-order chi connectivity index (χ1) is 7.56. The van der Waals surface area contributed by atoms with Crippen molar-refractivity contribution in [1.82, 2.24) is 5.32 Å². The lowest BCUT2D eigenvalue weighted by Crippen LogP contribution is -2.36. The maximum atomic E-state index is 5.76. The molecule has 1 aliphatic carbocycles. The molecule has 0 heterocycles. The summed E-state index contributed by atoms with van der Waals surface area (Å²) in [5.74, 6) is 1.54. The Morgan fingerprint density at radius 1 is 1.50 bits per heavy atom. The molecular weight excluding hydrogens is 198 g/mol. The Morgan fingerprint density at radius 2 is 2.19 bits per heavy atom. The summed E-state index contributed by atoms with van der Waals surface area (Å²) in [6.07, 6.45) is 4.74. The first kappa shape index (κ1) is 13.7. The molecule has 1 atom stereocenters. The third-order valence-electron chi connectivity index (χ3n) is 3.06. The zero-order valence-corrected chi connectivity index (χ0v) is 11.1. The standard InChI is InChI=1S/C14H27NO/c1-5-14(4,10-15-8-12(2)3)11-16-9-13-6-7-13/h5,12-13,15H,1,6-11H2,2-4H3. The normalized spacial score (nSPS) is 19.8. The van der Waals surface area contributed by atoms with Gasteiger partial charge in [0.1, 0.15) is 0 Å². The van der Waals surface area contributed by atoms with Crippen molar-refractivity contribution in [3.8, 4) is 0 Å². The largest absolute Gasteiger partial charge is 0.380 e. The summed E-state index contributed by atoms with van der Waals surface area (Å²) in [6.45, 7) is 14.3. The van der Waals surface area contributed by atoms with Crippen molar-refractivity contribution >= 4 is 0 Å². The fraction of sp³-hybridized carbons (Fsp3) is 0.857. The Labute approximate surface area is 100 Å². The van der Waals surface area contributed by atoms with Crippen LogP contribution in [-0.4, -0.2) is 26.3 Å². The highest BCUT2D eigenvalue weighted by atomic mass is 16.5. The molecule has 0 saturated heterocycles. The van der Waals surface area contributed by atoms with Gasteiger partial charge < -0.3 is 10.1 Å². The summed E-state index contributed by atoms with van der Waals surface area (Å²) in [4.78, 5) is 0. The molecule has 0 radical (unpaired) electrons. The van der Waals surface area contributed by atoms with Gasteiger partial charge in [-0.1, -0.05) is 26.8 Å². The van der Waals surface area contributed by atoms with Crippen LogP contribution in [0, 0.1) is 17.3 Å². The minimum Gasteiger partial charge on any atom is -0.380 e. The van der Waals surface area contributed by atoms with Gasteiger partial charge in [0, 0.05) is 18.6 Å². The zero-order valence-electron chi connectivity index (χ0n) is 11.1. The lowest BCUT2D eigenvalue weighted by molar-refractivity contribution is 0.0684. The fourth-order valence-corrected chi connectivity index (χ4v) is 1.57. The molecule has 2 heteroatoms. The summed E-state index contributed by atoms with van der Waals surface area (Å²) < 4.78 is 5.76. The summed E-state index contributed by atoms with van der Waals surface area (Å²) in [5.41, 5.74) is 0.0732. The van der Waals surface area contributed by atoms with E-state index in [1.807, 2.05) is 6.08 Å². The van der Waals surface area contributed by atoms with E-state index in [0.29, 0.717) is 5.92 Å². The molecule has 1 N–H and O–H groups in total. The second-order valence-corrected chi connectivity index (χ2v) is 5.84. The summed E-state index contributed by atoms with van der Waals surface area (Å²) in [7, 11) is 0. The van der Waals surface area contributed by atoms with Gasteiger partial charge in [0.25, 0.3) is 0 Å². The van der Waals surface area contributed by atoms with Gasteiger partial charge in [-0.05, 0) is 31.2 Å². The first-order valence-electron chi connectivity index (χ1n) is 6.48. The van der Waals surface area contributed by atoms with Crippen LogP contribution in [0.1, 0.15) is 33.6 Å². The maximum absolute atomic E-state index is 5.76. The van der Waals surface area contributed by atoms with Crippen molar-refractivity contribution in [3.05, 3.63) is 12.7 Å². The Kier molecular flexibility index (Phi) is 5.50. The maximum Gasteiger partial charge on any atom is 0.0566 e. The van der Waals surface area contributed by atoms with E-state index in [9.17, 15) is 0 Å². The molecule has 0 bridgehead atoms. The van der Waals surface area contributed by atoms with E-state index in [1.165, 1.54) is 12.8 Å². The second-order valence-electron chi connectivity index (χ2n) is 5.84. The molecule has 0 aromatic rings. The van der Waals surface area contributed by atoms with Crippen molar-refractivity contribution in [3.63, 3.8) is 0 Å². The van der Waals surface area contributed by atoms with Gasteiger partial charge in [-0.15, -0.1) is 6.58 Å². The van der Waals surface area contributed by atoms with Crippen molar-refractivity contribution in [2.45, 2.75) is 33.6 Å². The van der Waals surface area contributed by atoms with Gasteiger partial charge >= 0.3 is 0 Å². The van der Waals surface area contributed by atoms with E-state index < -0.39 is 0 Å².